The number of hydrogen-bond acceptors (Lipinski definition) is 6. The molecular formula is C65H104O6. The zero-order valence-electron chi connectivity index (χ0n) is 45.7. The minimum atomic E-state index is -0.846. The minimum absolute atomic E-state index is 0.136. The summed E-state index contributed by atoms with van der Waals surface area (Å²) < 4.78 is 16.7. The first kappa shape index (κ1) is 66.6. The van der Waals surface area contributed by atoms with Crippen LogP contribution in [-0.4, -0.2) is 37.2 Å². The number of hydrogen-bond donors (Lipinski definition) is 0. The number of ether oxygens (including phenoxy) is 3. The molecule has 0 saturated carbocycles. The van der Waals surface area contributed by atoms with E-state index >= 15 is 0 Å². The van der Waals surface area contributed by atoms with Gasteiger partial charge in [0.1, 0.15) is 13.2 Å². The Hall–Kier alpha value is -4.45. The van der Waals surface area contributed by atoms with Crippen molar-refractivity contribution >= 4 is 17.9 Å². The smallest absolute Gasteiger partial charge is 0.306 e. The van der Waals surface area contributed by atoms with Crippen molar-refractivity contribution in [3.05, 3.63) is 134 Å². The molecule has 0 aromatic heterocycles. The number of carbonyl (C=O) groups is 3. The lowest BCUT2D eigenvalue weighted by atomic mass is 10.1. The Kier molecular flexibility index (Phi) is 54.5. The predicted octanol–water partition coefficient (Wildman–Crippen LogP) is 19.4. The van der Waals surface area contributed by atoms with Crippen LogP contribution < -0.4 is 0 Å². The highest BCUT2D eigenvalue weighted by Gasteiger charge is 2.19. The highest BCUT2D eigenvalue weighted by atomic mass is 16.6. The Morgan fingerprint density at radius 3 is 0.873 bits per heavy atom. The van der Waals surface area contributed by atoms with Crippen molar-refractivity contribution in [2.75, 3.05) is 13.2 Å². The number of unbranched alkanes of at least 4 members (excludes halogenated alkanes) is 17. The van der Waals surface area contributed by atoms with Crippen molar-refractivity contribution in [3.8, 4) is 0 Å². The summed E-state index contributed by atoms with van der Waals surface area (Å²) in [7, 11) is 0. The molecule has 400 valence electrons. The zero-order valence-corrected chi connectivity index (χ0v) is 45.7. The second-order valence-electron chi connectivity index (χ2n) is 18.5. The Labute approximate surface area is 436 Å². The minimum Gasteiger partial charge on any atom is -0.462 e. The number of rotatable bonds is 50. The Morgan fingerprint density at radius 2 is 0.521 bits per heavy atom. The van der Waals surface area contributed by atoms with Gasteiger partial charge in [-0.05, 0) is 135 Å². The normalized spacial score (nSPS) is 13.1. The number of allylic oxidation sites excluding steroid dienone is 22. The lowest BCUT2D eigenvalue weighted by molar-refractivity contribution is -0.167. The fraction of sp³-hybridized carbons (Fsp3) is 0.615. The van der Waals surface area contributed by atoms with Gasteiger partial charge < -0.3 is 14.2 Å². The molecule has 0 amide bonds. The van der Waals surface area contributed by atoms with Crippen LogP contribution in [0.5, 0.6) is 0 Å². The molecule has 0 unspecified atom stereocenters. The third-order valence-corrected chi connectivity index (χ3v) is 11.6. The molecule has 0 N–H and O–H groups in total. The molecule has 0 aliphatic heterocycles. The summed E-state index contributed by atoms with van der Waals surface area (Å²) in [6.07, 6.45) is 81.6. The van der Waals surface area contributed by atoms with Crippen molar-refractivity contribution < 1.29 is 28.6 Å². The maximum Gasteiger partial charge on any atom is 0.306 e. The standard InChI is InChI=1S/C65H104O6/c1-4-7-10-13-16-19-22-25-28-31-32-35-37-40-43-46-49-52-55-58-64(67)70-61-62(71-65(68)59-56-53-50-47-44-41-38-34-30-27-24-21-18-15-12-9-6-3)60-69-63(66)57-54-51-48-45-42-39-36-33-29-26-23-20-17-14-11-8-5-2/h16,18-19,21,25-30,32,35-36,38-41,43,45,47-48,50,62H,4-15,17,20,22-24,31,33-34,37,42,44,46,49,51-61H2,1-3H3/b19-16-,21-18-,28-25-,29-26-,30-27-,35-32-,39-36-,41-38-,43-40-,48-45-,50-47-/t62-/m0/s1. The van der Waals surface area contributed by atoms with Crippen LogP contribution in [0.2, 0.25) is 0 Å². The Bertz CT molecular complexity index is 1550. The first-order valence-electron chi connectivity index (χ1n) is 28.7. The van der Waals surface area contributed by atoms with E-state index in [0.29, 0.717) is 19.3 Å². The SMILES string of the molecule is CCCCC/C=C\C/C=C\C/C=C\C/C=C\CCCCCC(=O)OC[C@H](COC(=O)CCC/C=C\C/C=C\C/C=C\CCCCCCCC)OC(=O)CCC/C=C\C/C=C\C/C=C\C/C=C\CCCCC. The fourth-order valence-corrected chi connectivity index (χ4v) is 7.26. The molecule has 71 heavy (non-hydrogen) atoms. The molecule has 0 heterocycles. The summed E-state index contributed by atoms with van der Waals surface area (Å²) in [5, 5.41) is 0. The summed E-state index contributed by atoms with van der Waals surface area (Å²) in [6, 6.07) is 0. The maximum absolute atomic E-state index is 12.8. The van der Waals surface area contributed by atoms with Crippen LogP contribution in [0.1, 0.15) is 239 Å². The Morgan fingerprint density at radius 1 is 0.282 bits per heavy atom. The largest absolute Gasteiger partial charge is 0.462 e. The fourth-order valence-electron chi connectivity index (χ4n) is 7.26. The third-order valence-electron chi connectivity index (χ3n) is 11.6. The molecule has 6 heteroatoms. The predicted molar refractivity (Wildman–Crippen MR) is 306 cm³/mol. The lowest BCUT2D eigenvalue weighted by Crippen LogP contribution is -2.30. The van der Waals surface area contributed by atoms with E-state index in [1.54, 1.807) is 0 Å². The molecule has 0 spiro atoms. The summed E-state index contributed by atoms with van der Waals surface area (Å²) >= 11 is 0. The Balaban J connectivity index is 4.63. The van der Waals surface area contributed by atoms with E-state index in [9.17, 15) is 14.4 Å². The summed E-state index contributed by atoms with van der Waals surface area (Å²) in [5.41, 5.74) is 0. The van der Waals surface area contributed by atoms with E-state index in [4.69, 9.17) is 14.2 Å². The molecule has 6 nitrogen and oxygen atoms in total. The molecule has 0 saturated heterocycles. The molecule has 0 aromatic rings. The van der Waals surface area contributed by atoms with E-state index in [1.807, 2.05) is 0 Å². The van der Waals surface area contributed by atoms with E-state index in [1.165, 1.54) is 96.3 Å². The molecular weight excluding hydrogens is 877 g/mol. The third kappa shape index (κ3) is 56.3. The molecule has 0 radical (unpaired) electrons. The van der Waals surface area contributed by atoms with E-state index in [2.05, 4.69) is 154 Å². The van der Waals surface area contributed by atoms with Gasteiger partial charge in [-0.25, -0.2) is 0 Å². The second-order valence-corrected chi connectivity index (χ2v) is 18.5. The van der Waals surface area contributed by atoms with E-state index in [0.717, 1.165) is 89.9 Å². The average Bonchev–Trinajstić information content (AvgIpc) is 3.37. The van der Waals surface area contributed by atoms with Gasteiger partial charge in [-0.1, -0.05) is 219 Å². The molecule has 0 fully saturated rings. The maximum atomic E-state index is 12.8. The quantitative estimate of drug-likeness (QED) is 0.0262. The van der Waals surface area contributed by atoms with Crippen LogP contribution in [0.3, 0.4) is 0 Å². The summed E-state index contributed by atoms with van der Waals surface area (Å²) in [5.74, 6) is -1.08. The number of esters is 3. The van der Waals surface area contributed by atoms with E-state index < -0.39 is 12.1 Å². The van der Waals surface area contributed by atoms with Gasteiger partial charge >= 0.3 is 17.9 Å². The van der Waals surface area contributed by atoms with Crippen molar-refractivity contribution in [2.45, 2.75) is 245 Å². The van der Waals surface area contributed by atoms with Gasteiger partial charge in [-0.3, -0.25) is 14.4 Å². The highest BCUT2D eigenvalue weighted by Crippen LogP contribution is 2.11. The van der Waals surface area contributed by atoms with Gasteiger partial charge in [0.2, 0.25) is 0 Å². The van der Waals surface area contributed by atoms with Gasteiger partial charge in [0, 0.05) is 19.3 Å². The van der Waals surface area contributed by atoms with Crippen LogP contribution in [0.25, 0.3) is 0 Å². The molecule has 1 atom stereocenters. The van der Waals surface area contributed by atoms with Crippen molar-refractivity contribution in [1.82, 2.24) is 0 Å². The molecule has 0 rings (SSSR count). The van der Waals surface area contributed by atoms with Crippen LogP contribution in [-0.2, 0) is 28.6 Å². The van der Waals surface area contributed by atoms with Crippen LogP contribution in [0.15, 0.2) is 134 Å². The van der Waals surface area contributed by atoms with Gasteiger partial charge in [-0.15, -0.1) is 0 Å². The highest BCUT2D eigenvalue weighted by molar-refractivity contribution is 5.71. The molecule has 0 aliphatic carbocycles. The first-order chi connectivity index (χ1) is 35.0. The van der Waals surface area contributed by atoms with Gasteiger partial charge in [-0.2, -0.15) is 0 Å². The van der Waals surface area contributed by atoms with Crippen molar-refractivity contribution in [1.29, 1.82) is 0 Å². The average molecular weight is 982 g/mol. The summed E-state index contributed by atoms with van der Waals surface area (Å²) in [6.45, 7) is 6.45. The molecule has 0 aliphatic rings. The van der Waals surface area contributed by atoms with Gasteiger partial charge in [0.25, 0.3) is 0 Å². The monoisotopic (exact) mass is 981 g/mol. The van der Waals surface area contributed by atoms with Crippen LogP contribution in [0, 0.1) is 0 Å². The van der Waals surface area contributed by atoms with Crippen molar-refractivity contribution in [3.63, 3.8) is 0 Å². The zero-order chi connectivity index (χ0) is 51.4. The van der Waals surface area contributed by atoms with Gasteiger partial charge in [0.15, 0.2) is 6.10 Å². The number of carbonyl (C=O) groups excluding carboxylic acids is 3. The second kappa shape index (κ2) is 58.1. The van der Waals surface area contributed by atoms with E-state index in [-0.39, 0.29) is 38.0 Å². The van der Waals surface area contributed by atoms with Crippen molar-refractivity contribution in [2.24, 2.45) is 0 Å². The molecule has 0 aromatic carbocycles. The topological polar surface area (TPSA) is 78.9 Å². The molecule has 0 bridgehead atoms. The van der Waals surface area contributed by atoms with Crippen LogP contribution in [0.4, 0.5) is 0 Å². The first-order valence-corrected chi connectivity index (χ1v) is 28.7. The van der Waals surface area contributed by atoms with Crippen LogP contribution >= 0.6 is 0 Å². The lowest BCUT2D eigenvalue weighted by Gasteiger charge is -2.18. The van der Waals surface area contributed by atoms with Gasteiger partial charge in [0.05, 0.1) is 0 Å². The summed E-state index contributed by atoms with van der Waals surface area (Å²) in [4.78, 5) is 38.1.